The molecule has 1 aromatic rings. The predicted molar refractivity (Wildman–Crippen MR) is 47.9 cm³/mol. The third-order valence-corrected chi connectivity index (χ3v) is 2.82. The van der Waals surface area contributed by atoms with Crippen molar-refractivity contribution in [3.8, 4) is 5.75 Å². The molecule has 19 heavy (non-hydrogen) atoms. The smallest absolute Gasteiger partial charge is 0.420 e. The van der Waals surface area contributed by atoms with Gasteiger partial charge < -0.3 is 5.11 Å². The first-order chi connectivity index (χ1) is 8.24. The first-order valence-corrected chi connectivity index (χ1v) is 5.67. The molecule has 0 saturated carbocycles. The van der Waals surface area contributed by atoms with Gasteiger partial charge in [-0.05, 0) is 12.1 Å². The molecule has 2 N–H and O–H groups in total. The van der Waals surface area contributed by atoms with Crippen molar-refractivity contribution in [1.29, 1.82) is 0 Å². The van der Waals surface area contributed by atoms with Crippen LogP contribution in [0.5, 0.6) is 5.75 Å². The largest absolute Gasteiger partial charge is 0.507 e. The first-order valence-electron chi connectivity index (χ1n) is 4.23. The van der Waals surface area contributed by atoms with Crippen LogP contribution in [0, 0.1) is 0 Å². The molecule has 0 aliphatic rings. The highest BCUT2D eigenvalue weighted by Gasteiger charge is 2.42. The lowest BCUT2D eigenvalue weighted by Crippen LogP contribution is -2.14. The Morgan fingerprint density at radius 3 is 1.42 bits per heavy atom. The molecule has 0 radical (unpaired) electrons. The highest BCUT2D eigenvalue weighted by molar-refractivity contribution is 7.85. The van der Waals surface area contributed by atoms with Crippen LogP contribution in [0.3, 0.4) is 0 Å². The van der Waals surface area contributed by atoms with Crippen molar-refractivity contribution in [1.82, 2.24) is 0 Å². The monoisotopic (exact) mass is 310 g/mol. The summed E-state index contributed by atoms with van der Waals surface area (Å²) in [5, 5.41) is 8.93. The molecule has 0 aliphatic heterocycles. The average Bonchev–Trinajstić information content (AvgIpc) is 2.11. The quantitative estimate of drug-likeness (QED) is 0.618. The van der Waals surface area contributed by atoms with E-state index in [1.807, 2.05) is 0 Å². The number of hydrogen-bond acceptors (Lipinski definition) is 3. The SMILES string of the molecule is O=S(=O)(O)c1cc(C(F)(F)F)c(O)c(C(F)(F)F)c1. The van der Waals surface area contributed by atoms with Crippen LogP contribution in [0.25, 0.3) is 0 Å². The van der Waals surface area contributed by atoms with Gasteiger partial charge in [0.15, 0.2) is 0 Å². The molecule has 0 heterocycles. The fraction of sp³-hybridized carbons (Fsp3) is 0.250. The highest BCUT2D eigenvalue weighted by Crippen LogP contribution is 2.44. The number of phenolic OH excluding ortho intramolecular Hbond substituents is 1. The van der Waals surface area contributed by atoms with Crippen LogP contribution in [-0.2, 0) is 22.5 Å². The van der Waals surface area contributed by atoms with Gasteiger partial charge in [0.1, 0.15) is 5.75 Å². The summed E-state index contributed by atoms with van der Waals surface area (Å²) < 4.78 is 104. The Morgan fingerprint density at radius 1 is 0.895 bits per heavy atom. The zero-order valence-electron chi connectivity index (χ0n) is 8.54. The van der Waals surface area contributed by atoms with Crippen LogP contribution >= 0.6 is 0 Å². The van der Waals surface area contributed by atoms with E-state index in [2.05, 4.69) is 0 Å². The second-order valence-electron chi connectivity index (χ2n) is 3.34. The van der Waals surface area contributed by atoms with E-state index < -0.39 is 44.2 Å². The van der Waals surface area contributed by atoms with Crippen LogP contribution in [0.1, 0.15) is 11.1 Å². The van der Waals surface area contributed by atoms with E-state index in [1.54, 1.807) is 0 Å². The molecule has 0 aromatic heterocycles. The fourth-order valence-corrected chi connectivity index (χ4v) is 1.72. The summed E-state index contributed by atoms with van der Waals surface area (Å²) in [6.07, 6.45) is -10.9. The van der Waals surface area contributed by atoms with Gasteiger partial charge in [-0.15, -0.1) is 0 Å². The molecule has 0 unspecified atom stereocenters. The van der Waals surface area contributed by atoms with E-state index >= 15 is 0 Å². The predicted octanol–water partition coefficient (Wildman–Crippen LogP) is 2.68. The van der Waals surface area contributed by atoms with E-state index in [-0.39, 0.29) is 12.1 Å². The lowest BCUT2D eigenvalue weighted by molar-refractivity contribution is -0.145. The number of phenols is 1. The maximum absolute atomic E-state index is 12.4. The summed E-state index contributed by atoms with van der Waals surface area (Å²) in [5.74, 6) is -2.16. The number of benzene rings is 1. The van der Waals surface area contributed by atoms with E-state index in [9.17, 15) is 34.8 Å². The Kier molecular flexibility index (Phi) is 3.50. The van der Waals surface area contributed by atoms with Gasteiger partial charge in [0.2, 0.25) is 0 Å². The lowest BCUT2D eigenvalue weighted by atomic mass is 10.1. The van der Waals surface area contributed by atoms with Crippen LogP contribution in [0.15, 0.2) is 17.0 Å². The number of alkyl halides is 6. The maximum atomic E-state index is 12.4. The second kappa shape index (κ2) is 4.27. The Hall–Kier alpha value is -1.49. The van der Waals surface area contributed by atoms with Crippen molar-refractivity contribution in [2.45, 2.75) is 17.2 Å². The molecule has 1 rings (SSSR count). The minimum absolute atomic E-state index is 0.292. The van der Waals surface area contributed by atoms with E-state index in [4.69, 9.17) is 9.66 Å². The summed E-state index contributed by atoms with van der Waals surface area (Å²) in [6.45, 7) is 0. The van der Waals surface area contributed by atoms with E-state index in [0.29, 0.717) is 0 Å². The molecule has 11 heteroatoms. The summed E-state index contributed by atoms with van der Waals surface area (Å²) in [6, 6.07) is -0.584. The zero-order valence-corrected chi connectivity index (χ0v) is 9.36. The van der Waals surface area contributed by atoms with E-state index in [0.717, 1.165) is 0 Å². The van der Waals surface area contributed by atoms with Gasteiger partial charge in [0.05, 0.1) is 16.0 Å². The Balaban J connectivity index is 3.78. The number of aromatic hydroxyl groups is 1. The van der Waals surface area contributed by atoms with Crippen molar-refractivity contribution >= 4 is 10.1 Å². The highest BCUT2D eigenvalue weighted by atomic mass is 32.2. The standard InChI is InChI=1S/C8H4F6O4S/c9-7(10,11)4-1-3(19(16,17)18)2-5(6(4)15)8(12,13)14/h1-2,15H,(H,16,17,18). The fourth-order valence-electron chi connectivity index (χ4n) is 1.19. The summed E-state index contributed by atoms with van der Waals surface area (Å²) in [7, 11) is -5.30. The van der Waals surface area contributed by atoms with Gasteiger partial charge in [0, 0.05) is 0 Å². The Morgan fingerprint density at radius 2 is 1.21 bits per heavy atom. The van der Waals surface area contributed by atoms with Gasteiger partial charge in [-0.2, -0.15) is 34.8 Å². The zero-order chi connectivity index (χ0) is 15.2. The third kappa shape index (κ3) is 3.29. The number of hydrogen-bond donors (Lipinski definition) is 2. The van der Waals surface area contributed by atoms with Gasteiger partial charge >= 0.3 is 12.4 Å². The number of halogens is 6. The van der Waals surface area contributed by atoms with Crippen LogP contribution in [0.4, 0.5) is 26.3 Å². The molecule has 0 saturated heterocycles. The molecular weight excluding hydrogens is 306 g/mol. The molecule has 108 valence electrons. The minimum Gasteiger partial charge on any atom is -0.507 e. The molecule has 0 spiro atoms. The summed E-state index contributed by atoms with van der Waals surface area (Å²) in [4.78, 5) is -1.62. The maximum Gasteiger partial charge on any atom is 0.420 e. The van der Waals surface area contributed by atoms with Gasteiger partial charge in [-0.1, -0.05) is 0 Å². The summed E-state index contributed by atoms with van der Waals surface area (Å²) in [5.41, 5.74) is -4.43. The second-order valence-corrected chi connectivity index (χ2v) is 4.76. The van der Waals surface area contributed by atoms with E-state index in [1.165, 1.54) is 0 Å². The average molecular weight is 310 g/mol. The van der Waals surface area contributed by atoms with Crippen LogP contribution < -0.4 is 0 Å². The molecule has 0 fully saturated rings. The first kappa shape index (κ1) is 15.6. The van der Waals surface area contributed by atoms with Crippen molar-refractivity contribution in [3.05, 3.63) is 23.3 Å². The normalized spacial score (nSPS) is 13.6. The Labute approximate surface area is 102 Å². The molecular formula is C8H4F6O4S. The lowest BCUT2D eigenvalue weighted by Gasteiger charge is -2.15. The van der Waals surface area contributed by atoms with Crippen molar-refractivity contribution in [2.75, 3.05) is 0 Å². The molecule has 1 aromatic carbocycles. The Bertz CT molecular complexity index is 566. The molecule has 0 aliphatic carbocycles. The summed E-state index contributed by atoms with van der Waals surface area (Å²) >= 11 is 0. The molecule has 0 atom stereocenters. The topological polar surface area (TPSA) is 74.6 Å². The van der Waals surface area contributed by atoms with Crippen LogP contribution in [0.2, 0.25) is 0 Å². The van der Waals surface area contributed by atoms with Crippen LogP contribution in [-0.4, -0.2) is 18.1 Å². The third-order valence-electron chi connectivity index (χ3n) is 1.99. The molecule has 4 nitrogen and oxygen atoms in total. The van der Waals surface area contributed by atoms with Crippen molar-refractivity contribution in [3.63, 3.8) is 0 Å². The minimum atomic E-state index is -5.43. The van der Waals surface area contributed by atoms with Gasteiger partial charge in [-0.3, -0.25) is 4.55 Å². The van der Waals surface area contributed by atoms with Crippen molar-refractivity contribution in [2.24, 2.45) is 0 Å². The van der Waals surface area contributed by atoms with Gasteiger partial charge in [0.25, 0.3) is 10.1 Å². The van der Waals surface area contributed by atoms with Gasteiger partial charge in [-0.25, -0.2) is 0 Å². The molecule has 0 amide bonds. The number of rotatable bonds is 1. The molecule has 0 bridgehead atoms. The van der Waals surface area contributed by atoms with Crippen molar-refractivity contribution < 1.29 is 44.4 Å².